The first kappa shape index (κ1) is 25.5. The third-order valence-corrected chi connectivity index (χ3v) is 4.98. The number of phenolic OH excluding ortho intramolecular Hbond substituents is 3. The number of hydrogen-bond donors (Lipinski definition) is 3. The van der Waals surface area contributed by atoms with E-state index in [4.69, 9.17) is 4.74 Å². The molecule has 0 unspecified atom stereocenters. The molecule has 0 aliphatic rings. The average Bonchev–Trinajstić information content (AvgIpc) is 2.59. The lowest BCUT2D eigenvalue weighted by Crippen LogP contribution is -2.29. The number of hydrogen-bond acceptors (Lipinski definition) is 4. The Morgan fingerprint density at radius 3 is 1.59 bits per heavy atom. The van der Waals surface area contributed by atoms with Crippen molar-refractivity contribution in [2.24, 2.45) is 0 Å². The van der Waals surface area contributed by atoms with E-state index in [0.29, 0.717) is 6.07 Å². The van der Waals surface area contributed by atoms with E-state index in [-0.39, 0.29) is 5.56 Å². The van der Waals surface area contributed by atoms with Gasteiger partial charge >= 0.3 is 12.4 Å². The van der Waals surface area contributed by atoms with Gasteiger partial charge in [0.15, 0.2) is 23.0 Å². The normalized spacial score (nSPS) is 13.3. The number of aromatic hydroxyl groups is 3. The monoisotopic (exact) mass is 466 g/mol. The second-order valence-electron chi connectivity index (χ2n) is 9.18. The third kappa shape index (κ3) is 5.34. The van der Waals surface area contributed by atoms with Crippen molar-refractivity contribution in [2.75, 3.05) is 6.61 Å². The highest BCUT2D eigenvalue weighted by Crippen LogP contribution is 2.46. The number of halogens is 6. The summed E-state index contributed by atoms with van der Waals surface area (Å²) in [5, 5.41) is 29.4. The van der Waals surface area contributed by atoms with Gasteiger partial charge in [-0.25, -0.2) is 0 Å². The number of alkyl halides is 6. The van der Waals surface area contributed by atoms with Crippen molar-refractivity contribution in [3.63, 3.8) is 0 Å². The Morgan fingerprint density at radius 1 is 0.688 bits per heavy atom. The second kappa shape index (κ2) is 7.97. The Morgan fingerprint density at radius 2 is 1.16 bits per heavy atom. The molecule has 0 fully saturated rings. The molecule has 0 aliphatic heterocycles. The van der Waals surface area contributed by atoms with Gasteiger partial charge in [0.1, 0.15) is 5.56 Å². The minimum Gasteiger partial charge on any atom is -0.504 e. The van der Waals surface area contributed by atoms with E-state index < -0.39 is 69.5 Å². The van der Waals surface area contributed by atoms with Crippen LogP contribution in [-0.2, 0) is 23.2 Å². The van der Waals surface area contributed by atoms with E-state index in [1.165, 1.54) is 19.9 Å². The fraction of sp³-hybridized carbons (Fsp3) is 0.455. The Bertz CT molecular complexity index is 1000. The van der Waals surface area contributed by atoms with Crippen LogP contribution >= 0.6 is 0 Å². The van der Waals surface area contributed by atoms with Gasteiger partial charge in [0, 0.05) is 5.41 Å². The van der Waals surface area contributed by atoms with Crippen molar-refractivity contribution in [3.8, 4) is 23.0 Å². The fourth-order valence-electron chi connectivity index (χ4n) is 3.07. The summed E-state index contributed by atoms with van der Waals surface area (Å²) in [5.74, 6) is -3.47. The predicted molar refractivity (Wildman–Crippen MR) is 105 cm³/mol. The van der Waals surface area contributed by atoms with Crippen LogP contribution < -0.4 is 4.74 Å². The van der Waals surface area contributed by atoms with E-state index in [0.717, 1.165) is 12.1 Å². The SMILES string of the molecule is CC(C)(C)c1cc(OCC(C)(C)c2cc(O)c(O)cc2C(F)(F)F)c(O)c(C(F)(F)F)c1. The van der Waals surface area contributed by atoms with Crippen molar-refractivity contribution < 1.29 is 46.4 Å². The molecule has 0 aromatic heterocycles. The van der Waals surface area contributed by atoms with Crippen LogP contribution in [0.5, 0.6) is 23.0 Å². The summed E-state index contributed by atoms with van der Waals surface area (Å²) in [5.41, 5.74) is -5.02. The van der Waals surface area contributed by atoms with Crippen LogP contribution in [-0.4, -0.2) is 21.9 Å². The number of ether oxygens (including phenoxy) is 1. The highest BCUT2D eigenvalue weighted by molar-refractivity contribution is 5.52. The molecule has 10 heteroatoms. The van der Waals surface area contributed by atoms with E-state index >= 15 is 0 Å². The average molecular weight is 466 g/mol. The van der Waals surface area contributed by atoms with Crippen molar-refractivity contribution in [2.45, 2.75) is 57.8 Å². The molecule has 0 heterocycles. The van der Waals surface area contributed by atoms with E-state index in [9.17, 15) is 41.7 Å². The first-order valence-corrected chi connectivity index (χ1v) is 9.46. The van der Waals surface area contributed by atoms with Gasteiger partial charge in [-0.3, -0.25) is 0 Å². The molecular weight excluding hydrogens is 442 g/mol. The minimum absolute atomic E-state index is 0.202. The quantitative estimate of drug-likeness (QED) is 0.356. The molecule has 4 nitrogen and oxygen atoms in total. The van der Waals surface area contributed by atoms with Gasteiger partial charge in [0.2, 0.25) is 0 Å². The van der Waals surface area contributed by atoms with Crippen LogP contribution in [0.15, 0.2) is 24.3 Å². The molecule has 2 aromatic carbocycles. The lowest BCUT2D eigenvalue weighted by Gasteiger charge is -2.30. The van der Waals surface area contributed by atoms with E-state index in [2.05, 4.69) is 0 Å². The maximum Gasteiger partial charge on any atom is 0.420 e. The van der Waals surface area contributed by atoms with Gasteiger partial charge in [-0.2, -0.15) is 26.3 Å². The van der Waals surface area contributed by atoms with Crippen molar-refractivity contribution in [1.82, 2.24) is 0 Å². The highest BCUT2D eigenvalue weighted by Gasteiger charge is 2.40. The zero-order valence-corrected chi connectivity index (χ0v) is 18.0. The van der Waals surface area contributed by atoms with E-state index in [1.807, 2.05) is 0 Å². The molecule has 0 saturated heterocycles. The Labute approximate surface area is 181 Å². The molecule has 3 N–H and O–H groups in total. The Kier molecular flexibility index (Phi) is 6.35. The summed E-state index contributed by atoms with van der Waals surface area (Å²) in [4.78, 5) is 0. The minimum atomic E-state index is -4.88. The maximum atomic E-state index is 13.5. The van der Waals surface area contributed by atoms with Gasteiger partial charge in [-0.15, -0.1) is 0 Å². The summed E-state index contributed by atoms with van der Waals surface area (Å²) in [6.45, 7) is 7.04. The van der Waals surface area contributed by atoms with Crippen LogP contribution in [0.3, 0.4) is 0 Å². The summed E-state index contributed by atoms with van der Waals surface area (Å²) < 4.78 is 86.1. The number of rotatable bonds is 4. The van der Waals surface area contributed by atoms with Crippen LogP contribution in [0.25, 0.3) is 0 Å². The molecule has 0 atom stereocenters. The topological polar surface area (TPSA) is 69.9 Å². The van der Waals surface area contributed by atoms with Crippen LogP contribution in [0.2, 0.25) is 0 Å². The van der Waals surface area contributed by atoms with Crippen molar-refractivity contribution in [3.05, 3.63) is 46.5 Å². The summed E-state index contributed by atoms with van der Waals surface area (Å²) in [7, 11) is 0. The number of benzene rings is 2. The molecule has 2 aromatic rings. The first-order valence-electron chi connectivity index (χ1n) is 9.46. The fourth-order valence-corrected chi connectivity index (χ4v) is 3.07. The molecule has 0 spiro atoms. The molecular formula is C22H24F6O4. The Hall–Kier alpha value is -2.78. The molecule has 2 rings (SSSR count). The summed E-state index contributed by atoms with van der Waals surface area (Å²) >= 11 is 0. The second-order valence-corrected chi connectivity index (χ2v) is 9.18. The van der Waals surface area contributed by atoms with Gasteiger partial charge in [-0.1, -0.05) is 34.6 Å². The van der Waals surface area contributed by atoms with Gasteiger partial charge in [0.05, 0.1) is 12.2 Å². The zero-order chi connectivity index (χ0) is 24.9. The number of phenols is 3. The third-order valence-electron chi connectivity index (χ3n) is 4.98. The molecule has 32 heavy (non-hydrogen) atoms. The lowest BCUT2D eigenvalue weighted by molar-refractivity contribution is -0.140. The van der Waals surface area contributed by atoms with E-state index in [1.54, 1.807) is 20.8 Å². The predicted octanol–water partition coefficient (Wildman–Crippen LogP) is 6.50. The summed E-state index contributed by atoms with van der Waals surface area (Å²) in [6, 6.07) is 3.10. The molecule has 0 saturated carbocycles. The standard InChI is InChI=1S/C22H24F6O4/c1-19(2,3)11-6-14(22(26,27)28)18(31)17(7-11)32-10-20(4,5)12-8-15(29)16(30)9-13(12)21(23,24)25/h6-9,29-31H,10H2,1-5H3. The first-order chi connectivity index (χ1) is 14.2. The van der Waals surface area contributed by atoms with Gasteiger partial charge in [0.25, 0.3) is 0 Å². The Balaban J connectivity index is 2.53. The maximum absolute atomic E-state index is 13.5. The highest BCUT2D eigenvalue weighted by atomic mass is 19.4. The van der Waals surface area contributed by atoms with Crippen LogP contribution in [0.1, 0.15) is 56.9 Å². The van der Waals surface area contributed by atoms with Gasteiger partial charge in [-0.05, 0) is 40.8 Å². The molecule has 0 bridgehead atoms. The lowest BCUT2D eigenvalue weighted by atomic mass is 9.81. The molecule has 178 valence electrons. The zero-order valence-electron chi connectivity index (χ0n) is 18.0. The molecule has 0 aliphatic carbocycles. The van der Waals surface area contributed by atoms with Gasteiger partial charge < -0.3 is 20.1 Å². The molecule has 0 radical (unpaired) electrons. The van der Waals surface area contributed by atoms with Crippen LogP contribution in [0, 0.1) is 0 Å². The van der Waals surface area contributed by atoms with Crippen LogP contribution in [0.4, 0.5) is 26.3 Å². The smallest absolute Gasteiger partial charge is 0.420 e. The molecule has 0 amide bonds. The largest absolute Gasteiger partial charge is 0.504 e. The van der Waals surface area contributed by atoms with Crippen molar-refractivity contribution in [1.29, 1.82) is 0 Å². The van der Waals surface area contributed by atoms with Crippen molar-refractivity contribution >= 4 is 0 Å². The summed E-state index contributed by atoms with van der Waals surface area (Å²) in [6.07, 6.45) is -9.76.